The van der Waals surface area contributed by atoms with Crippen molar-refractivity contribution in [2.24, 2.45) is 0 Å². The molecule has 4 rings (SSSR count). The number of aryl methyl sites for hydroxylation is 1. The molecule has 0 saturated carbocycles. The van der Waals surface area contributed by atoms with Crippen LogP contribution in [0.5, 0.6) is 11.5 Å². The number of carbonyl (C=O) groups is 2. The second kappa shape index (κ2) is 15.1. The van der Waals surface area contributed by atoms with Gasteiger partial charge < -0.3 is 19.7 Å². The van der Waals surface area contributed by atoms with Gasteiger partial charge in [-0.05, 0) is 54.4 Å². The van der Waals surface area contributed by atoms with Crippen molar-refractivity contribution in [2.45, 2.75) is 30.8 Å². The molecule has 1 N–H and O–H groups in total. The molecule has 0 radical (unpaired) electrons. The number of ether oxygens (including phenoxy) is 2. The van der Waals surface area contributed by atoms with E-state index in [9.17, 15) is 18.0 Å². The number of halogens is 1. The van der Waals surface area contributed by atoms with Crippen LogP contribution < -0.4 is 19.1 Å². The Bertz CT molecular complexity index is 1730. The molecule has 4 aromatic rings. The summed E-state index contributed by atoms with van der Waals surface area (Å²) in [4.78, 5) is 29.4. The molecule has 0 aliphatic carbocycles. The van der Waals surface area contributed by atoms with Crippen LogP contribution in [0, 0.1) is 6.92 Å². The second-order valence-electron chi connectivity index (χ2n) is 10.3. The summed E-state index contributed by atoms with van der Waals surface area (Å²) < 4.78 is 41.4. The maximum Gasteiger partial charge on any atom is 0.264 e. The Morgan fingerprint density at radius 1 is 0.867 bits per heavy atom. The first-order valence-corrected chi connectivity index (χ1v) is 16.4. The molecule has 0 aromatic heterocycles. The number of amides is 2. The highest BCUT2D eigenvalue weighted by molar-refractivity contribution is 9.10. The van der Waals surface area contributed by atoms with Gasteiger partial charge in [-0.3, -0.25) is 13.9 Å². The maximum absolute atomic E-state index is 14.5. The number of sulfonamides is 1. The van der Waals surface area contributed by atoms with Gasteiger partial charge >= 0.3 is 0 Å². The third-order valence-corrected chi connectivity index (χ3v) is 9.57. The zero-order valence-corrected chi connectivity index (χ0v) is 28.0. The van der Waals surface area contributed by atoms with E-state index in [4.69, 9.17) is 9.47 Å². The van der Waals surface area contributed by atoms with Crippen LogP contribution in [0.25, 0.3) is 0 Å². The average molecular weight is 695 g/mol. The second-order valence-corrected chi connectivity index (χ2v) is 13.1. The van der Waals surface area contributed by atoms with Gasteiger partial charge in [0.1, 0.15) is 24.1 Å². The zero-order chi connectivity index (χ0) is 32.6. The number of hydrogen-bond donors (Lipinski definition) is 1. The highest BCUT2D eigenvalue weighted by atomic mass is 79.9. The normalized spacial score (nSPS) is 11.8. The van der Waals surface area contributed by atoms with Gasteiger partial charge in [-0.1, -0.05) is 76.1 Å². The molecule has 0 fully saturated rings. The van der Waals surface area contributed by atoms with Crippen LogP contribution >= 0.6 is 15.9 Å². The first kappa shape index (κ1) is 33.5. The summed E-state index contributed by atoms with van der Waals surface area (Å²) in [6.07, 6.45) is 0.216. The summed E-state index contributed by atoms with van der Waals surface area (Å²) in [5.74, 6) is -0.361. The largest absolute Gasteiger partial charge is 0.497 e. The smallest absolute Gasteiger partial charge is 0.264 e. The monoisotopic (exact) mass is 693 g/mol. The molecule has 45 heavy (non-hydrogen) atoms. The third-order valence-electron chi connectivity index (χ3n) is 7.30. The van der Waals surface area contributed by atoms with Crippen LogP contribution in [0.4, 0.5) is 5.69 Å². The summed E-state index contributed by atoms with van der Waals surface area (Å²) in [5, 5.41) is 2.69. The van der Waals surface area contributed by atoms with E-state index in [1.54, 1.807) is 24.3 Å². The molecule has 9 nitrogen and oxygen atoms in total. The predicted octanol–water partition coefficient (Wildman–Crippen LogP) is 5.36. The molecule has 0 aliphatic heterocycles. The zero-order valence-electron chi connectivity index (χ0n) is 25.6. The SMILES string of the molecule is CNC(=O)[C@H](Cc1ccccc1)N(Cc1cccc(Br)c1)C(=O)CN(c1cc(OC)ccc1OC)S(=O)(=O)c1ccc(C)cc1. The van der Waals surface area contributed by atoms with Gasteiger partial charge in [0, 0.05) is 30.6 Å². The Balaban J connectivity index is 1.85. The number of anilines is 1. The number of nitrogens with one attached hydrogen (secondary N) is 1. The summed E-state index contributed by atoms with van der Waals surface area (Å²) >= 11 is 3.48. The fourth-order valence-corrected chi connectivity index (χ4v) is 6.76. The number of carbonyl (C=O) groups excluding carboxylic acids is 2. The highest BCUT2D eigenvalue weighted by Crippen LogP contribution is 2.36. The molecular weight excluding hydrogens is 658 g/mol. The summed E-state index contributed by atoms with van der Waals surface area (Å²) in [5.41, 5.74) is 2.60. The van der Waals surface area contributed by atoms with Crippen molar-refractivity contribution in [2.75, 3.05) is 32.1 Å². The number of hydrogen-bond acceptors (Lipinski definition) is 6. The van der Waals surface area contributed by atoms with Gasteiger partial charge in [0.05, 0.1) is 24.8 Å². The van der Waals surface area contributed by atoms with E-state index < -0.39 is 28.5 Å². The average Bonchev–Trinajstić information content (AvgIpc) is 3.05. The standard InChI is InChI=1S/C34H36BrN3O6S/c1-24-13-16-29(17-14-24)45(41,42)38(30-21-28(43-3)15-18-32(30)44-4)23-33(39)37(22-26-11-8-12-27(35)19-26)31(34(40)36-2)20-25-9-6-5-7-10-25/h5-19,21,31H,20,22-23H2,1-4H3,(H,36,40)/t31-/m0/s1. The predicted molar refractivity (Wildman–Crippen MR) is 178 cm³/mol. The Morgan fingerprint density at radius 3 is 2.18 bits per heavy atom. The molecule has 2 amide bonds. The van der Waals surface area contributed by atoms with E-state index >= 15 is 0 Å². The Morgan fingerprint density at radius 2 is 1.56 bits per heavy atom. The van der Waals surface area contributed by atoms with Crippen LogP contribution in [-0.4, -0.2) is 59.0 Å². The van der Waals surface area contributed by atoms with Crippen molar-refractivity contribution >= 4 is 43.5 Å². The van der Waals surface area contributed by atoms with Gasteiger partial charge in [0.15, 0.2) is 0 Å². The van der Waals surface area contributed by atoms with Gasteiger partial charge in [-0.25, -0.2) is 8.42 Å². The molecule has 0 spiro atoms. The number of likely N-dealkylation sites (N-methyl/N-ethyl adjacent to an activating group) is 1. The van der Waals surface area contributed by atoms with E-state index in [0.717, 1.165) is 25.5 Å². The fourth-order valence-electron chi connectivity index (χ4n) is 4.90. The fraction of sp³-hybridized carbons (Fsp3) is 0.235. The van der Waals surface area contributed by atoms with Crippen LogP contribution in [0.3, 0.4) is 0 Å². The summed E-state index contributed by atoms with van der Waals surface area (Å²) in [6, 6.07) is 26.9. The molecule has 11 heteroatoms. The van der Waals surface area contributed by atoms with E-state index in [1.807, 2.05) is 61.5 Å². The van der Waals surface area contributed by atoms with Gasteiger partial charge in [-0.15, -0.1) is 0 Å². The van der Waals surface area contributed by atoms with E-state index in [0.29, 0.717) is 5.75 Å². The van der Waals surface area contributed by atoms with Crippen molar-refractivity contribution in [1.29, 1.82) is 0 Å². The maximum atomic E-state index is 14.5. The first-order chi connectivity index (χ1) is 21.6. The summed E-state index contributed by atoms with van der Waals surface area (Å²) in [6.45, 7) is 1.29. The van der Waals surface area contributed by atoms with E-state index in [2.05, 4.69) is 21.2 Å². The number of methoxy groups -OCH3 is 2. The van der Waals surface area contributed by atoms with Crippen molar-refractivity contribution in [3.8, 4) is 11.5 Å². The Hall–Kier alpha value is -4.35. The lowest BCUT2D eigenvalue weighted by Crippen LogP contribution is -2.53. The number of rotatable bonds is 13. The quantitative estimate of drug-likeness (QED) is 0.202. The minimum absolute atomic E-state index is 0.00329. The molecule has 1 atom stereocenters. The molecule has 0 unspecified atom stereocenters. The van der Waals surface area contributed by atoms with Crippen molar-refractivity contribution in [1.82, 2.24) is 10.2 Å². The van der Waals surface area contributed by atoms with Gasteiger partial charge in [-0.2, -0.15) is 0 Å². The Labute approximate surface area is 273 Å². The molecule has 236 valence electrons. The Kier molecular flexibility index (Phi) is 11.2. The lowest BCUT2D eigenvalue weighted by atomic mass is 10.0. The highest BCUT2D eigenvalue weighted by Gasteiger charge is 2.35. The third kappa shape index (κ3) is 8.23. The summed E-state index contributed by atoms with van der Waals surface area (Å²) in [7, 11) is 0.0931. The molecule has 0 saturated heterocycles. The lowest BCUT2D eigenvalue weighted by Gasteiger charge is -2.34. The first-order valence-electron chi connectivity index (χ1n) is 14.2. The molecular formula is C34H36BrN3O6S. The molecule has 0 heterocycles. The molecule has 0 bridgehead atoms. The van der Waals surface area contributed by atoms with Crippen LogP contribution in [0.2, 0.25) is 0 Å². The van der Waals surface area contributed by atoms with Crippen LogP contribution in [-0.2, 0) is 32.6 Å². The minimum atomic E-state index is -4.30. The van der Waals surface area contributed by atoms with Crippen molar-refractivity contribution in [3.63, 3.8) is 0 Å². The van der Waals surface area contributed by atoms with Crippen LogP contribution in [0.1, 0.15) is 16.7 Å². The van der Waals surface area contributed by atoms with Gasteiger partial charge in [0.25, 0.3) is 10.0 Å². The number of nitrogens with zero attached hydrogens (tertiary/aromatic N) is 2. The van der Waals surface area contributed by atoms with Crippen LogP contribution in [0.15, 0.2) is 106 Å². The van der Waals surface area contributed by atoms with E-state index in [1.165, 1.54) is 44.4 Å². The van der Waals surface area contributed by atoms with Crippen molar-refractivity contribution < 1.29 is 27.5 Å². The van der Waals surface area contributed by atoms with Gasteiger partial charge in [0.2, 0.25) is 11.8 Å². The minimum Gasteiger partial charge on any atom is -0.497 e. The topological polar surface area (TPSA) is 105 Å². The molecule has 4 aromatic carbocycles. The number of benzene rings is 4. The van der Waals surface area contributed by atoms with E-state index in [-0.39, 0.29) is 35.2 Å². The lowest BCUT2D eigenvalue weighted by molar-refractivity contribution is -0.139. The van der Waals surface area contributed by atoms with Crippen molar-refractivity contribution in [3.05, 3.63) is 118 Å². The molecule has 0 aliphatic rings.